The molecule has 470 valence electrons. The number of rotatable bonds is 23. The predicted molar refractivity (Wildman–Crippen MR) is 318 cm³/mol. The fourth-order valence-electron chi connectivity index (χ4n) is 9.90. The summed E-state index contributed by atoms with van der Waals surface area (Å²) < 4.78 is 66.5. The van der Waals surface area contributed by atoms with Gasteiger partial charge in [-0.2, -0.15) is 0 Å². The average molecular weight is 1350 g/mol. The fraction of sp³-hybridized carbons (Fsp3) is 0.579. The van der Waals surface area contributed by atoms with Gasteiger partial charge in [0.25, 0.3) is 0 Å². The lowest BCUT2D eigenvalue weighted by atomic mass is 9.83. The van der Waals surface area contributed by atoms with E-state index in [2.05, 4.69) is 63.8 Å². The molecule has 0 saturated carbocycles. The van der Waals surface area contributed by atoms with Crippen molar-refractivity contribution in [1.29, 1.82) is 0 Å². The second kappa shape index (κ2) is 31.5. The number of nitrogens with one attached hydrogen (secondary N) is 6. The molecular formula is C57H77Br2ClF2N8O15. The van der Waals surface area contributed by atoms with Crippen molar-refractivity contribution in [2.45, 2.75) is 153 Å². The standard InChI is InChI=1S/C57H77Br2ClF2N8O15/c1-29(2)48(68-45(71)18-11-10-15-31(4)82-52(75)34(27-58)28-59)51(74)65-37(16-13-19-64-53(63)76)50(73)66-38-23-36(62)39(24-35(38)61)67-54(77)84-44-25-46(72)70(7)40-21-33(22-41(80-8)47(40)60)20-30(3)14-12-17-43(81-9)57(79)26-42(83-55(78)69-57)32(5)49-56(44,6)85-49/h12,14,17,21-24,29,31-32,34,37,42-44,48-49,79H,10-11,13,15-16,18-20,25-28H2,1-9H3,(H,65,74)(H,66,73)(H,67,77)(H,68,71)(H,69,78)(H3,63,64,76)/b17-12+,30-14+/t31?,32-,37+,42+,43-,44+,48+,49+,56+,57+/m1/s1. The summed E-state index contributed by atoms with van der Waals surface area (Å²) in [6.45, 7) is 10.1. The van der Waals surface area contributed by atoms with Crippen LogP contribution in [0.2, 0.25) is 5.02 Å². The number of allylic oxidation sites excluding steroid dienone is 3. The van der Waals surface area contributed by atoms with Crippen molar-refractivity contribution in [1.82, 2.24) is 21.3 Å². The van der Waals surface area contributed by atoms with E-state index >= 15 is 8.78 Å². The number of methoxy groups -OCH3 is 2. The van der Waals surface area contributed by atoms with Gasteiger partial charge in [0.15, 0.2) is 5.72 Å². The van der Waals surface area contributed by atoms with Crippen LogP contribution < -0.4 is 47.3 Å². The summed E-state index contributed by atoms with van der Waals surface area (Å²) >= 11 is 13.4. The number of carbonyl (C=O) groups is 8. The van der Waals surface area contributed by atoms with Crippen LogP contribution in [0.4, 0.5) is 40.2 Å². The maximum atomic E-state index is 16.1. The van der Waals surface area contributed by atoms with Gasteiger partial charge < -0.3 is 65.4 Å². The van der Waals surface area contributed by atoms with Gasteiger partial charge >= 0.3 is 24.2 Å². The monoisotopic (exact) mass is 1340 g/mol. The minimum Gasteiger partial charge on any atom is -0.495 e. The molecule has 2 fully saturated rings. The highest BCUT2D eigenvalue weighted by Crippen LogP contribution is 2.49. The van der Waals surface area contributed by atoms with E-state index in [0.29, 0.717) is 54.0 Å². The third-order valence-electron chi connectivity index (χ3n) is 14.9. The lowest BCUT2D eigenvalue weighted by Gasteiger charge is -2.42. The molecule has 4 bridgehead atoms. The molecule has 0 spiro atoms. The number of alkyl halides is 2. The molecule has 3 aliphatic rings. The average Bonchev–Trinajstić information content (AvgIpc) is 1.69. The van der Waals surface area contributed by atoms with Crippen LogP contribution in [0.1, 0.15) is 98.5 Å². The molecule has 8 amide bonds. The van der Waals surface area contributed by atoms with E-state index in [4.69, 9.17) is 45.8 Å². The van der Waals surface area contributed by atoms with Gasteiger partial charge in [0.1, 0.15) is 58.4 Å². The number of hydrogen-bond donors (Lipinski definition) is 8. The van der Waals surface area contributed by atoms with E-state index in [1.54, 1.807) is 65.0 Å². The van der Waals surface area contributed by atoms with Crippen molar-refractivity contribution in [3.63, 3.8) is 0 Å². The number of benzene rings is 2. The first kappa shape index (κ1) is 69.6. The van der Waals surface area contributed by atoms with Gasteiger partial charge in [0.05, 0.1) is 48.7 Å². The minimum atomic E-state index is -1.96. The number of ether oxygens (including phenoxy) is 6. The molecule has 2 saturated heterocycles. The number of carbonyl (C=O) groups excluding carboxylic acids is 8. The molecule has 23 nitrogen and oxygen atoms in total. The molecule has 5 rings (SSSR count). The van der Waals surface area contributed by atoms with Gasteiger partial charge in [-0.3, -0.25) is 34.6 Å². The van der Waals surface area contributed by atoms with E-state index in [0.717, 1.165) is 5.57 Å². The molecule has 9 N–H and O–H groups in total. The fourth-order valence-corrected chi connectivity index (χ4v) is 11.8. The zero-order chi connectivity index (χ0) is 63.1. The summed E-state index contributed by atoms with van der Waals surface area (Å²) in [4.78, 5) is 107. The topological polar surface area (TPSA) is 317 Å². The number of aliphatic hydroxyl groups is 1. The summed E-state index contributed by atoms with van der Waals surface area (Å²) in [5, 5.41) is 27.4. The van der Waals surface area contributed by atoms with Gasteiger partial charge in [0, 0.05) is 62.3 Å². The first-order valence-corrected chi connectivity index (χ1v) is 30.3. The van der Waals surface area contributed by atoms with Crippen LogP contribution in [-0.2, 0) is 54.1 Å². The Morgan fingerprint density at radius 3 is 2.26 bits per heavy atom. The summed E-state index contributed by atoms with van der Waals surface area (Å²) in [6, 6.07) is 1.12. The summed E-state index contributed by atoms with van der Waals surface area (Å²) in [5.41, 5.74) is 2.06. The van der Waals surface area contributed by atoms with Crippen LogP contribution in [0, 0.1) is 29.4 Å². The van der Waals surface area contributed by atoms with Crippen molar-refractivity contribution in [2.75, 3.05) is 54.0 Å². The number of esters is 1. The lowest BCUT2D eigenvalue weighted by Crippen LogP contribution is -2.63. The van der Waals surface area contributed by atoms with Crippen molar-refractivity contribution < 1.29 is 80.7 Å². The van der Waals surface area contributed by atoms with Gasteiger partial charge in [-0.05, 0) is 82.9 Å². The number of hydrogen-bond acceptors (Lipinski definition) is 15. The number of alkyl carbamates (subject to hydrolysis) is 1. The number of urea groups is 1. The molecule has 3 heterocycles. The number of fused-ring (bicyclic) bond motifs is 5. The highest BCUT2D eigenvalue weighted by Gasteiger charge is 2.64. The Bertz CT molecular complexity index is 2830. The van der Waals surface area contributed by atoms with Crippen LogP contribution in [0.5, 0.6) is 5.75 Å². The highest BCUT2D eigenvalue weighted by atomic mass is 79.9. The Morgan fingerprint density at radius 2 is 1.64 bits per heavy atom. The van der Waals surface area contributed by atoms with Crippen LogP contribution in [0.15, 0.2) is 48.1 Å². The van der Waals surface area contributed by atoms with Crippen LogP contribution in [0.25, 0.3) is 0 Å². The predicted octanol–water partition coefficient (Wildman–Crippen LogP) is 7.56. The third kappa shape index (κ3) is 19.2. The molecule has 10 atom stereocenters. The molecule has 0 aliphatic carbocycles. The van der Waals surface area contributed by atoms with Gasteiger partial charge in [0.2, 0.25) is 23.6 Å². The molecule has 1 unspecified atom stereocenters. The number of amides is 8. The first-order chi connectivity index (χ1) is 40.1. The number of unbranched alkanes of at least 4 members (excludes halogenated alkanes) is 1. The molecule has 0 aromatic heterocycles. The van der Waals surface area contributed by atoms with E-state index < -0.39 is 137 Å². The normalized spacial score (nSPS) is 24.4. The number of primary amides is 1. The van der Waals surface area contributed by atoms with E-state index in [1.165, 1.54) is 26.2 Å². The summed E-state index contributed by atoms with van der Waals surface area (Å²) in [7, 11) is 4.23. The number of halogens is 5. The van der Waals surface area contributed by atoms with Gasteiger partial charge in [-0.15, -0.1) is 0 Å². The Kier molecular flexibility index (Phi) is 25.8. The SMILES string of the molecule is COc1cc2cc(c1Cl)N(C)C(=O)C[C@H](OC(=O)Nc1cc(F)c(NC(=O)[C@H](CCCNC(N)=O)NC(=O)[C@@H](NC(=O)CCCCC(C)OC(=O)C(CBr)CBr)C(C)C)cc1F)[C@]1(C)O[C@H]1[C@H](C)[C@@H]1C[C@@](O)(NC(=O)O1)[C@H](OC)/C=C/C=C(\C)C2. The zero-order valence-electron chi connectivity index (χ0n) is 48.9. The molecule has 0 radical (unpaired) electrons. The Morgan fingerprint density at radius 1 is 0.965 bits per heavy atom. The quantitative estimate of drug-likeness (QED) is 0.0175. The number of nitrogens with two attached hydrogens (primary N) is 1. The molecule has 85 heavy (non-hydrogen) atoms. The molecule has 28 heteroatoms. The van der Waals surface area contributed by atoms with Crippen molar-refractivity contribution in [2.24, 2.45) is 23.5 Å². The van der Waals surface area contributed by atoms with E-state index in [-0.39, 0.29) is 60.6 Å². The maximum absolute atomic E-state index is 16.1. The smallest absolute Gasteiger partial charge is 0.412 e. The summed E-state index contributed by atoms with van der Waals surface area (Å²) in [6.07, 6.45) is -1.12. The second-order valence-electron chi connectivity index (χ2n) is 21.9. The highest BCUT2D eigenvalue weighted by molar-refractivity contribution is 9.09. The Labute approximate surface area is 514 Å². The van der Waals surface area contributed by atoms with Crippen LogP contribution in [0.3, 0.4) is 0 Å². The van der Waals surface area contributed by atoms with E-state index in [1.807, 2.05) is 6.92 Å². The molecule has 3 aliphatic heterocycles. The van der Waals surface area contributed by atoms with Gasteiger partial charge in [-0.1, -0.05) is 88.0 Å². The van der Waals surface area contributed by atoms with Crippen LogP contribution >= 0.6 is 43.5 Å². The first-order valence-electron chi connectivity index (χ1n) is 27.7. The number of nitrogens with zero attached hydrogens (tertiary/aromatic N) is 1. The molecule has 2 aromatic rings. The van der Waals surface area contributed by atoms with Gasteiger partial charge in [-0.25, -0.2) is 23.2 Å². The third-order valence-corrected chi connectivity index (χ3v) is 16.8. The summed E-state index contributed by atoms with van der Waals surface area (Å²) in [5.74, 6) is -7.03. The lowest BCUT2D eigenvalue weighted by molar-refractivity contribution is -0.152. The van der Waals surface area contributed by atoms with Crippen molar-refractivity contribution in [3.05, 3.63) is 70.3 Å². The number of epoxide rings is 1. The molecular weight excluding hydrogens is 1270 g/mol. The van der Waals surface area contributed by atoms with E-state index in [9.17, 15) is 43.5 Å². The largest absolute Gasteiger partial charge is 0.495 e. The van der Waals surface area contributed by atoms with Crippen molar-refractivity contribution >= 4 is 108 Å². The second-order valence-corrected chi connectivity index (χ2v) is 23.6. The minimum absolute atomic E-state index is 0.0264. The number of anilines is 3. The van der Waals surface area contributed by atoms with Crippen molar-refractivity contribution in [3.8, 4) is 5.75 Å². The molecule has 2 aromatic carbocycles. The Hall–Kier alpha value is -6.13. The Balaban J connectivity index is 1.34. The maximum Gasteiger partial charge on any atom is 0.412 e. The van der Waals surface area contributed by atoms with Crippen LogP contribution in [-0.4, -0.2) is 145 Å². The zero-order valence-corrected chi connectivity index (χ0v) is 52.8.